The number of rotatable bonds is 3. The first-order valence-corrected chi connectivity index (χ1v) is 4.44. The summed E-state index contributed by atoms with van der Waals surface area (Å²) < 4.78 is 4.67. The molecule has 1 aromatic rings. The highest BCUT2D eigenvalue weighted by Crippen LogP contribution is 2.23. The molecule has 0 heterocycles. The molecule has 6 heteroatoms. The Morgan fingerprint density at radius 3 is 2.80 bits per heavy atom. The van der Waals surface area contributed by atoms with Crippen molar-refractivity contribution >= 4 is 23.3 Å². The zero-order valence-corrected chi connectivity index (χ0v) is 8.65. The summed E-state index contributed by atoms with van der Waals surface area (Å²) in [6.45, 7) is 1.12. The molecule has 0 aromatic heterocycles. The van der Waals surface area contributed by atoms with Gasteiger partial charge in [-0.05, 0) is 12.1 Å². The summed E-state index contributed by atoms with van der Waals surface area (Å²) >= 11 is 5.61. The van der Waals surface area contributed by atoms with Crippen molar-refractivity contribution in [3.05, 3.63) is 38.9 Å². The summed E-state index contributed by atoms with van der Waals surface area (Å²) in [5, 5.41) is 10.9. The van der Waals surface area contributed by atoms with Crippen molar-refractivity contribution in [3.8, 4) is 0 Å². The first kappa shape index (κ1) is 11.5. The van der Waals surface area contributed by atoms with Gasteiger partial charge in [0, 0.05) is 18.0 Å². The Bertz CT molecular complexity index is 405. The normalized spacial score (nSPS) is 9.73. The van der Waals surface area contributed by atoms with Gasteiger partial charge in [-0.1, -0.05) is 11.6 Å². The number of nitro groups is 1. The monoisotopic (exact) mass is 229 g/mol. The zero-order chi connectivity index (χ0) is 11.4. The third-order valence-electron chi connectivity index (χ3n) is 1.67. The number of nitrogens with zero attached hydrogens (tertiary/aromatic N) is 1. The highest BCUT2D eigenvalue weighted by molar-refractivity contribution is 6.30. The number of nitro benzene ring substituents is 1. The van der Waals surface area contributed by atoms with Crippen molar-refractivity contribution in [2.24, 2.45) is 0 Å². The Kier molecular flexibility index (Phi) is 3.62. The topological polar surface area (TPSA) is 69.4 Å². The first-order valence-electron chi connectivity index (χ1n) is 4.07. The van der Waals surface area contributed by atoms with Crippen LogP contribution in [0.3, 0.4) is 0 Å². The Labute approximate surface area is 90.8 Å². The lowest BCUT2D eigenvalue weighted by Gasteiger charge is -2.03. The lowest BCUT2D eigenvalue weighted by molar-refractivity contribution is -0.385. The summed E-state index contributed by atoms with van der Waals surface area (Å²) in [5.74, 6) is -0.487. The highest BCUT2D eigenvalue weighted by Gasteiger charge is 2.14. The van der Waals surface area contributed by atoms with Gasteiger partial charge < -0.3 is 4.74 Å². The second-order valence-corrected chi connectivity index (χ2v) is 3.25. The molecule has 0 spiro atoms. The van der Waals surface area contributed by atoms with E-state index in [4.69, 9.17) is 11.6 Å². The summed E-state index contributed by atoms with van der Waals surface area (Å²) in [7, 11) is 0. The van der Waals surface area contributed by atoms with Gasteiger partial charge in [-0.15, -0.1) is 0 Å². The second kappa shape index (κ2) is 4.75. The van der Waals surface area contributed by atoms with Crippen LogP contribution in [0, 0.1) is 10.1 Å². The van der Waals surface area contributed by atoms with Crippen molar-refractivity contribution < 1.29 is 14.5 Å². The highest BCUT2D eigenvalue weighted by atomic mass is 35.5. The fourth-order valence-corrected chi connectivity index (χ4v) is 1.17. The molecule has 0 unspecified atom stereocenters. The van der Waals surface area contributed by atoms with Gasteiger partial charge >= 0.3 is 5.97 Å². The summed E-state index contributed by atoms with van der Waals surface area (Å²) in [4.78, 5) is 20.6. The largest absolute Gasteiger partial charge is 0.461 e. The fraction of sp³-hybridized carbons (Fsp3) is 0.222. The molecule has 1 rings (SSSR count). The van der Waals surface area contributed by atoms with Gasteiger partial charge in [-0.25, -0.2) is 0 Å². The number of hydrogen-bond acceptors (Lipinski definition) is 4. The van der Waals surface area contributed by atoms with E-state index in [2.05, 4.69) is 4.74 Å². The maximum atomic E-state index is 10.6. The Morgan fingerprint density at radius 1 is 1.60 bits per heavy atom. The smallest absolute Gasteiger partial charge is 0.302 e. The molecule has 0 aliphatic carbocycles. The van der Waals surface area contributed by atoms with E-state index in [1.807, 2.05) is 0 Å². The maximum Gasteiger partial charge on any atom is 0.302 e. The van der Waals surface area contributed by atoms with Crippen LogP contribution in [0.1, 0.15) is 12.5 Å². The molecule has 0 N–H and O–H groups in total. The van der Waals surface area contributed by atoms with Crippen LogP contribution < -0.4 is 0 Å². The molecule has 15 heavy (non-hydrogen) atoms. The van der Waals surface area contributed by atoms with Crippen molar-refractivity contribution in [3.63, 3.8) is 0 Å². The predicted molar refractivity (Wildman–Crippen MR) is 53.6 cm³/mol. The van der Waals surface area contributed by atoms with Crippen LogP contribution in [0.15, 0.2) is 18.2 Å². The van der Waals surface area contributed by atoms with E-state index < -0.39 is 10.9 Å². The molecule has 0 atom stereocenters. The van der Waals surface area contributed by atoms with E-state index in [1.165, 1.54) is 25.1 Å². The van der Waals surface area contributed by atoms with Crippen LogP contribution in [0.4, 0.5) is 5.69 Å². The minimum Gasteiger partial charge on any atom is -0.461 e. The van der Waals surface area contributed by atoms with Crippen molar-refractivity contribution in [2.45, 2.75) is 13.5 Å². The molecule has 0 amide bonds. The number of carbonyl (C=O) groups is 1. The summed E-state index contributed by atoms with van der Waals surface area (Å²) in [6.07, 6.45) is 0. The van der Waals surface area contributed by atoms with Crippen LogP contribution in [-0.2, 0) is 16.1 Å². The molecule has 0 aliphatic rings. The van der Waals surface area contributed by atoms with Gasteiger partial charge in [-0.2, -0.15) is 0 Å². The van der Waals surface area contributed by atoms with Crippen molar-refractivity contribution in [2.75, 3.05) is 0 Å². The van der Waals surface area contributed by atoms with E-state index in [1.54, 1.807) is 0 Å². The SMILES string of the molecule is CC(=O)OCc1ccc(Cl)cc1[N+](=O)[O-]. The molecular formula is C9H8ClNO4. The van der Waals surface area contributed by atoms with E-state index in [0.29, 0.717) is 5.56 Å². The quantitative estimate of drug-likeness (QED) is 0.453. The fourth-order valence-electron chi connectivity index (χ4n) is 1.01. The molecule has 0 bridgehead atoms. The van der Waals surface area contributed by atoms with Gasteiger partial charge in [0.2, 0.25) is 0 Å². The minimum atomic E-state index is -0.565. The standard InChI is InChI=1S/C9H8ClNO4/c1-6(12)15-5-7-2-3-8(10)4-9(7)11(13)14/h2-4H,5H2,1H3. The van der Waals surface area contributed by atoms with Gasteiger partial charge in [-0.3, -0.25) is 14.9 Å². The Hall–Kier alpha value is -1.62. The zero-order valence-electron chi connectivity index (χ0n) is 7.90. The van der Waals surface area contributed by atoms with Gasteiger partial charge in [0.25, 0.3) is 5.69 Å². The van der Waals surface area contributed by atoms with Gasteiger partial charge in [0.1, 0.15) is 6.61 Å². The lowest BCUT2D eigenvalue weighted by Crippen LogP contribution is -2.02. The van der Waals surface area contributed by atoms with E-state index in [9.17, 15) is 14.9 Å². The van der Waals surface area contributed by atoms with Gasteiger partial charge in [0.05, 0.1) is 10.5 Å². The second-order valence-electron chi connectivity index (χ2n) is 2.81. The van der Waals surface area contributed by atoms with E-state index >= 15 is 0 Å². The third kappa shape index (κ3) is 3.21. The number of esters is 1. The molecule has 1 aromatic carbocycles. The van der Waals surface area contributed by atoms with Gasteiger partial charge in [0.15, 0.2) is 0 Å². The van der Waals surface area contributed by atoms with E-state index in [-0.39, 0.29) is 17.3 Å². The average Bonchev–Trinajstić information content (AvgIpc) is 2.15. The number of halogens is 1. The predicted octanol–water partition coefficient (Wildman–Crippen LogP) is 2.31. The third-order valence-corrected chi connectivity index (χ3v) is 1.91. The number of carbonyl (C=O) groups excluding carboxylic acids is 1. The lowest BCUT2D eigenvalue weighted by atomic mass is 10.2. The molecular weight excluding hydrogens is 222 g/mol. The van der Waals surface area contributed by atoms with Crippen LogP contribution in [0.25, 0.3) is 0 Å². The van der Waals surface area contributed by atoms with Crippen LogP contribution >= 0.6 is 11.6 Å². The number of benzene rings is 1. The summed E-state index contributed by atoms with van der Waals surface area (Å²) in [6, 6.07) is 4.19. The van der Waals surface area contributed by atoms with Crippen LogP contribution in [0.5, 0.6) is 0 Å². The molecule has 80 valence electrons. The molecule has 0 radical (unpaired) electrons. The first-order chi connectivity index (χ1) is 7.00. The van der Waals surface area contributed by atoms with Crippen LogP contribution in [-0.4, -0.2) is 10.9 Å². The molecule has 0 aliphatic heterocycles. The Morgan fingerprint density at radius 2 is 2.27 bits per heavy atom. The number of ether oxygens (including phenoxy) is 1. The Balaban J connectivity index is 2.95. The maximum absolute atomic E-state index is 10.6. The molecule has 0 fully saturated rings. The summed E-state index contributed by atoms with van der Waals surface area (Å²) in [5.41, 5.74) is 0.170. The van der Waals surface area contributed by atoms with Crippen molar-refractivity contribution in [1.82, 2.24) is 0 Å². The number of hydrogen-bond donors (Lipinski definition) is 0. The minimum absolute atomic E-state index is 0.122. The molecule has 0 saturated carbocycles. The van der Waals surface area contributed by atoms with E-state index in [0.717, 1.165) is 0 Å². The molecule has 5 nitrogen and oxygen atoms in total. The average molecular weight is 230 g/mol. The van der Waals surface area contributed by atoms with Crippen LogP contribution in [0.2, 0.25) is 5.02 Å². The van der Waals surface area contributed by atoms with Crippen molar-refractivity contribution in [1.29, 1.82) is 0 Å². The molecule has 0 saturated heterocycles.